The molecule has 7 nitrogen and oxygen atoms in total. The van der Waals surface area contributed by atoms with E-state index in [4.69, 9.17) is 0 Å². The van der Waals surface area contributed by atoms with Gasteiger partial charge in [-0.2, -0.15) is 0 Å². The summed E-state index contributed by atoms with van der Waals surface area (Å²) in [6.07, 6.45) is -0.320. The van der Waals surface area contributed by atoms with Gasteiger partial charge in [-0.15, -0.1) is 0 Å². The van der Waals surface area contributed by atoms with Crippen LogP contribution in [0.25, 0.3) is 0 Å². The fraction of sp³-hybridized carbons (Fsp3) is 0.533. The second-order valence-electron chi connectivity index (χ2n) is 6.70. The van der Waals surface area contributed by atoms with Gasteiger partial charge in [0, 0.05) is 12.3 Å². The van der Waals surface area contributed by atoms with E-state index in [-0.39, 0.29) is 21.9 Å². The van der Waals surface area contributed by atoms with Crippen molar-refractivity contribution in [3.05, 3.63) is 28.2 Å². The number of halogens is 3. The van der Waals surface area contributed by atoms with Gasteiger partial charge >= 0.3 is 6.09 Å². The molecule has 2 aliphatic heterocycles. The fourth-order valence-corrected chi connectivity index (χ4v) is 7.22. The molecule has 0 aromatic carbocycles. The highest BCUT2D eigenvalue weighted by Crippen LogP contribution is 2.44. The monoisotopic (exact) mass is 452 g/mol. The fourth-order valence-electron chi connectivity index (χ4n) is 3.58. The summed E-state index contributed by atoms with van der Waals surface area (Å²) in [6.45, 7) is 0.922. The predicted octanol–water partition coefficient (Wildman–Crippen LogP) is 1.90. The van der Waals surface area contributed by atoms with E-state index in [1.165, 1.54) is 6.07 Å². The Bertz CT molecular complexity index is 839. The molecule has 1 saturated heterocycles. The van der Waals surface area contributed by atoms with Gasteiger partial charge in [-0.25, -0.2) is 18.6 Å². The molecule has 1 aromatic heterocycles. The first-order valence-electron chi connectivity index (χ1n) is 7.99. The second-order valence-corrected chi connectivity index (χ2v) is 10.6. The van der Waals surface area contributed by atoms with E-state index in [1.54, 1.807) is 6.92 Å². The van der Waals surface area contributed by atoms with E-state index in [9.17, 15) is 22.9 Å². The normalized spacial score (nSPS) is 31.5. The van der Waals surface area contributed by atoms with Gasteiger partial charge in [0.1, 0.15) is 34.2 Å². The van der Waals surface area contributed by atoms with Crippen molar-refractivity contribution in [3.8, 4) is 0 Å². The Morgan fingerprint density at radius 3 is 2.92 bits per heavy atom. The molecule has 2 atom stereocenters. The molecule has 0 bridgehead atoms. The number of fused-ring (bicyclic) bond motifs is 1. The van der Waals surface area contributed by atoms with Crippen LogP contribution in [-0.4, -0.2) is 49.9 Å². The summed E-state index contributed by atoms with van der Waals surface area (Å²) in [5.74, 6) is -1.19. The Hall–Kier alpha value is -1.46. The SMILES string of the molecule is C[C@]12CCCN[SH]1(=O)C[C@@](CF)(c1nc(Br)ccc1F)N=C2NC(=O)O. The first-order chi connectivity index (χ1) is 12.2. The third-order valence-corrected chi connectivity index (χ3v) is 9.20. The Kier molecular flexibility index (Phi) is 4.91. The Labute approximate surface area is 158 Å². The Balaban J connectivity index is 2.25. The maximum atomic E-state index is 14.5. The first kappa shape index (κ1) is 19.3. The summed E-state index contributed by atoms with van der Waals surface area (Å²) < 4.78 is 44.5. The summed E-state index contributed by atoms with van der Waals surface area (Å²) in [5.41, 5.74) is -2.17. The molecule has 0 unspecified atom stereocenters. The van der Waals surface area contributed by atoms with Crippen LogP contribution in [0.1, 0.15) is 25.5 Å². The van der Waals surface area contributed by atoms with Gasteiger partial charge in [-0.05, 0) is 57.9 Å². The third-order valence-electron chi connectivity index (χ3n) is 5.02. The topological polar surface area (TPSA) is 104 Å². The lowest BCUT2D eigenvalue weighted by molar-refractivity contribution is 0.199. The summed E-state index contributed by atoms with van der Waals surface area (Å²) >= 11 is 3.12. The first-order valence-corrected chi connectivity index (χ1v) is 10.7. The molecule has 0 radical (unpaired) electrons. The number of aromatic nitrogens is 1. The molecule has 3 rings (SSSR count). The van der Waals surface area contributed by atoms with Crippen molar-refractivity contribution in [2.24, 2.45) is 4.99 Å². The number of amides is 1. The number of alkyl halides is 1. The number of thiol groups is 1. The van der Waals surface area contributed by atoms with Gasteiger partial charge < -0.3 is 5.11 Å². The van der Waals surface area contributed by atoms with Gasteiger partial charge in [-0.3, -0.25) is 19.2 Å². The number of nitrogens with one attached hydrogen (secondary N) is 2. The van der Waals surface area contributed by atoms with Crippen LogP contribution in [-0.2, 0) is 15.7 Å². The molecule has 26 heavy (non-hydrogen) atoms. The zero-order valence-electron chi connectivity index (χ0n) is 13.9. The number of rotatable bonds is 2. The van der Waals surface area contributed by atoms with Crippen molar-refractivity contribution in [1.82, 2.24) is 15.0 Å². The zero-order chi connectivity index (χ0) is 19.2. The van der Waals surface area contributed by atoms with Crippen LogP contribution in [0.2, 0.25) is 0 Å². The van der Waals surface area contributed by atoms with Gasteiger partial charge in [0.15, 0.2) is 0 Å². The molecular weight excluding hydrogens is 434 g/mol. The van der Waals surface area contributed by atoms with E-state index >= 15 is 0 Å². The average Bonchev–Trinajstić information content (AvgIpc) is 2.57. The Morgan fingerprint density at radius 2 is 2.27 bits per heavy atom. The summed E-state index contributed by atoms with van der Waals surface area (Å²) in [6, 6.07) is 2.47. The minimum absolute atomic E-state index is 0.120. The molecule has 1 fully saturated rings. The van der Waals surface area contributed by atoms with E-state index in [1.807, 2.05) is 0 Å². The van der Waals surface area contributed by atoms with Crippen molar-refractivity contribution in [3.63, 3.8) is 0 Å². The van der Waals surface area contributed by atoms with Crippen molar-refractivity contribution < 1.29 is 22.9 Å². The van der Waals surface area contributed by atoms with Gasteiger partial charge in [-0.1, -0.05) is 0 Å². The maximum Gasteiger partial charge on any atom is 0.410 e. The number of pyridine rings is 1. The number of carboxylic acid groups (broad SMARTS) is 1. The highest BCUT2D eigenvalue weighted by atomic mass is 79.9. The molecule has 11 heteroatoms. The number of aliphatic imine (C=N–C) groups is 1. The minimum atomic E-state index is -3.35. The van der Waals surface area contributed by atoms with Gasteiger partial charge in [0.25, 0.3) is 0 Å². The quantitative estimate of drug-likeness (QED) is 0.406. The standard InChI is InChI=1S/C15H19BrF2N4O3S/c1-14-5-2-6-19-26(14,25)8-15(7-17,22-12(14)21-13(23)24)11-9(18)3-4-10(16)20-11/h3-4,26H,2,5-8H2,1H3,(H,19,25)(H,21,22)(H,23,24)/t14-,15+/m1/s1. The van der Waals surface area contributed by atoms with Crippen LogP contribution in [0, 0.1) is 5.82 Å². The van der Waals surface area contributed by atoms with Crippen LogP contribution in [0.4, 0.5) is 13.6 Å². The molecule has 3 N–H and O–H groups in total. The molecule has 144 valence electrons. The molecule has 2 aliphatic rings. The molecular formula is C15H19BrF2N4O3S. The van der Waals surface area contributed by atoms with Crippen molar-refractivity contribution in [2.75, 3.05) is 19.0 Å². The van der Waals surface area contributed by atoms with Crippen LogP contribution in [0.5, 0.6) is 0 Å². The number of amidine groups is 1. The predicted molar refractivity (Wildman–Crippen MR) is 98.2 cm³/mol. The molecule has 0 saturated carbocycles. The van der Waals surface area contributed by atoms with Crippen molar-refractivity contribution >= 4 is 38.0 Å². The van der Waals surface area contributed by atoms with E-state index < -0.39 is 39.0 Å². The molecule has 3 heterocycles. The van der Waals surface area contributed by atoms with Crippen LogP contribution < -0.4 is 10.0 Å². The molecule has 0 aliphatic carbocycles. The highest BCUT2D eigenvalue weighted by molar-refractivity contribution is 9.10. The number of hydrogen-bond donors (Lipinski definition) is 4. The smallest absolute Gasteiger partial charge is 0.410 e. The molecule has 1 aromatic rings. The summed E-state index contributed by atoms with van der Waals surface area (Å²) in [4.78, 5) is 19.5. The lowest BCUT2D eigenvalue weighted by Crippen LogP contribution is -2.68. The molecule has 0 spiro atoms. The second kappa shape index (κ2) is 6.61. The minimum Gasteiger partial charge on any atom is -0.465 e. The highest BCUT2D eigenvalue weighted by Gasteiger charge is 2.56. The summed E-state index contributed by atoms with van der Waals surface area (Å²) in [7, 11) is -3.35. The molecule has 1 amide bonds. The lowest BCUT2D eigenvalue weighted by atomic mass is 9.95. The Morgan fingerprint density at radius 1 is 1.54 bits per heavy atom. The zero-order valence-corrected chi connectivity index (χ0v) is 16.4. The van der Waals surface area contributed by atoms with Crippen molar-refractivity contribution in [2.45, 2.75) is 30.1 Å². The number of carbonyl (C=O) groups is 1. The van der Waals surface area contributed by atoms with Crippen LogP contribution in [0.15, 0.2) is 21.7 Å². The number of nitrogens with zero attached hydrogens (tertiary/aromatic N) is 2. The van der Waals surface area contributed by atoms with E-state index in [0.717, 1.165) is 6.07 Å². The number of hydrogen-bond acceptors (Lipinski definition) is 4. The van der Waals surface area contributed by atoms with Crippen molar-refractivity contribution in [1.29, 1.82) is 0 Å². The van der Waals surface area contributed by atoms with Crippen LogP contribution in [0.3, 0.4) is 0 Å². The maximum absolute atomic E-state index is 14.5. The average molecular weight is 453 g/mol. The van der Waals surface area contributed by atoms with E-state index in [2.05, 4.69) is 35.9 Å². The lowest BCUT2D eigenvalue weighted by Gasteiger charge is -2.52. The third kappa shape index (κ3) is 2.95. The summed E-state index contributed by atoms with van der Waals surface area (Å²) in [5, 5.41) is 11.3. The van der Waals surface area contributed by atoms with Gasteiger partial charge in [0.05, 0.1) is 4.75 Å². The largest absolute Gasteiger partial charge is 0.465 e. The van der Waals surface area contributed by atoms with Crippen LogP contribution >= 0.6 is 15.9 Å². The van der Waals surface area contributed by atoms with Gasteiger partial charge in [0.2, 0.25) is 0 Å². The van der Waals surface area contributed by atoms with E-state index in [0.29, 0.717) is 19.4 Å².